The standard InChI is InChI=1S/C3H7NO.Mg.2H/c1-4(2)3-5;;;/h3H,1-2H3;;;. The first-order chi connectivity index (χ1) is 2.27. The summed E-state index contributed by atoms with van der Waals surface area (Å²) in [5.74, 6) is 0. The molecule has 2 nitrogen and oxygen atoms in total. The fourth-order valence-electron chi connectivity index (χ4n) is 0. The van der Waals surface area contributed by atoms with Crippen LogP contribution in [0.2, 0.25) is 0 Å². The molecule has 1 amide bonds. The van der Waals surface area contributed by atoms with Crippen molar-refractivity contribution < 1.29 is 4.79 Å². The van der Waals surface area contributed by atoms with Crippen molar-refractivity contribution in [1.29, 1.82) is 0 Å². The lowest BCUT2D eigenvalue weighted by atomic mass is 11.0. The van der Waals surface area contributed by atoms with Gasteiger partial charge in [0.1, 0.15) is 0 Å². The van der Waals surface area contributed by atoms with E-state index in [2.05, 4.69) is 0 Å². The van der Waals surface area contributed by atoms with Crippen LogP contribution in [0.5, 0.6) is 0 Å². The Morgan fingerprint density at radius 3 is 1.67 bits per heavy atom. The molecule has 0 radical (unpaired) electrons. The van der Waals surface area contributed by atoms with Gasteiger partial charge in [-0.25, -0.2) is 0 Å². The summed E-state index contributed by atoms with van der Waals surface area (Å²) >= 11 is 0. The quantitative estimate of drug-likeness (QED) is 0.298. The van der Waals surface area contributed by atoms with Gasteiger partial charge in [0.2, 0.25) is 6.41 Å². The van der Waals surface area contributed by atoms with Crippen molar-refractivity contribution in [3.63, 3.8) is 0 Å². The Morgan fingerprint density at radius 2 is 1.67 bits per heavy atom. The third-order valence-electron chi connectivity index (χ3n) is 0.211. The van der Waals surface area contributed by atoms with Gasteiger partial charge in [0, 0.05) is 14.1 Å². The fraction of sp³-hybridized carbons (Fsp3) is 0.667. The fourth-order valence-corrected chi connectivity index (χ4v) is 0. The first kappa shape index (κ1) is 9.53. The lowest BCUT2D eigenvalue weighted by Crippen LogP contribution is -2.06. The molecule has 0 unspecified atom stereocenters. The van der Waals surface area contributed by atoms with Gasteiger partial charge < -0.3 is 4.90 Å². The van der Waals surface area contributed by atoms with Crippen LogP contribution in [-0.2, 0) is 4.79 Å². The number of hydrogen-bond acceptors (Lipinski definition) is 1. The summed E-state index contributed by atoms with van der Waals surface area (Å²) in [4.78, 5) is 10.9. The normalized spacial score (nSPS) is 5.67. The highest BCUT2D eigenvalue weighted by molar-refractivity contribution is 5.75. The van der Waals surface area contributed by atoms with E-state index in [4.69, 9.17) is 0 Å². The van der Waals surface area contributed by atoms with E-state index in [9.17, 15) is 4.79 Å². The second kappa shape index (κ2) is 5.24. The van der Waals surface area contributed by atoms with Gasteiger partial charge in [-0.15, -0.1) is 0 Å². The lowest BCUT2D eigenvalue weighted by Gasteiger charge is -1.93. The second-order valence-electron chi connectivity index (χ2n) is 1.07. The average Bonchev–Trinajstić information content (AvgIpc) is 1.38. The summed E-state index contributed by atoms with van der Waals surface area (Å²) in [5.41, 5.74) is 0. The number of rotatable bonds is 1. The highest BCUT2D eigenvalue weighted by atomic mass is 24.3. The molecular formula is C3H9MgNO. The van der Waals surface area contributed by atoms with Crippen molar-refractivity contribution in [2.24, 2.45) is 0 Å². The first-order valence-corrected chi connectivity index (χ1v) is 1.39. The third kappa shape index (κ3) is 8.87. The molecule has 6 heavy (non-hydrogen) atoms. The molecule has 0 aliphatic carbocycles. The molecule has 34 valence electrons. The van der Waals surface area contributed by atoms with Crippen molar-refractivity contribution in [2.75, 3.05) is 14.1 Å². The molecule has 0 atom stereocenters. The summed E-state index contributed by atoms with van der Waals surface area (Å²) in [7, 11) is 3.38. The summed E-state index contributed by atoms with van der Waals surface area (Å²) in [6.45, 7) is 0. The summed E-state index contributed by atoms with van der Waals surface area (Å²) in [5, 5.41) is 0. The monoisotopic (exact) mass is 99.1 g/mol. The number of amides is 1. The SMILES string of the molecule is CN(C)C=O.[MgH2]. The predicted molar refractivity (Wildman–Crippen MR) is 28.3 cm³/mol. The number of carbonyl (C=O) groups excluding carboxylic acids is 1. The van der Waals surface area contributed by atoms with E-state index in [0.29, 0.717) is 0 Å². The Balaban J connectivity index is 0. The van der Waals surface area contributed by atoms with Gasteiger partial charge >= 0.3 is 23.1 Å². The van der Waals surface area contributed by atoms with Crippen LogP contribution in [0.3, 0.4) is 0 Å². The Bertz CT molecular complexity index is 37.8. The lowest BCUT2D eigenvalue weighted by molar-refractivity contribution is -0.115. The van der Waals surface area contributed by atoms with Gasteiger partial charge in [0.25, 0.3) is 0 Å². The number of nitrogens with zero attached hydrogens (tertiary/aromatic N) is 1. The highest BCUT2D eigenvalue weighted by Crippen LogP contribution is 1.52. The molecule has 0 aromatic rings. The molecule has 0 aliphatic rings. The van der Waals surface area contributed by atoms with Crippen molar-refractivity contribution in [3.05, 3.63) is 0 Å². The maximum Gasteiger partial charge on any atom is 0.316 e. The average molecular weight is 99.4 g/mol. The van der Waals surface area contributed by atoms with Crippen LogP contribution in [0.15, 0.2) is 0 Å². The van der Waals surface area contributed by atoms with Crippen molar-refractivity contribution in [2.45, 2.75) is 0 Å². The van der Waals surface area contributed by atoms with E-state index in [0.717, 1.165) is 6.41 Å². The van der Waals surface area contributed by atoms with Gasteiger partial charge in [0.15, 0.2) is 0 Å². The second-order valence-corrected chi connectivity index (χ2v) is 1.07. The van der Waals surface area contributed by atoms with Gasteiger partial charge in [-0.3, -0.25) is 4.79 Å². The summed E-state index contributed by atoms with van der Waals surface area (Å²) < 4.78 is 0. The van der Waals surface area contributed by atoms with Crippen LogP contribution in [0.25, 0.3) is 0 Å². The Hall–Kier alpha value is 0.236. The van der Waals surface area contributed by atoms with Crippen molar-refractivity contribution in [1.82, 2.24) is 4.90 Å². The molecule has 0 bridgehead atoms. The van der Waals surface area contributed by atoms with E-state index < -0.39 is 0 Å². The van der Waals surface area contributed by atoms with E-state index in [1.54, 1.807) is 14.1 Å². The largest absolute Gasteiger partial charge is 0.351 e. The molecule has 0 spiro atoms. The van der Waals surface area contributed by atoms with Gasteiger partial charge in [-0.1, -0.05) is 0 Å². The summed E-state index contributed by atoms with van der Waals surface area (Å²) in [6.07, 6.45) is 0.750. The van der Waals surface area contributed by atoms with Gasteiger partial charge in [0.05, 0.1) is 0 Å². The predicted octanol–water partition coefficient (Wildman–Crippen LogP) is -1.21. The Morgan fingerprint density at radius 1 is 1.50 bits per heavy atom. The molecule has 0 saturated heterocycles. The molecule has 3 heteroatoms. The van der Waals surface area contributed by atoms with Crippen LogP contribution >= 0.6 is 0 Å². The van der Waals surface area contributed by atoms with Crippen LogP contribution < -0.4 is 0 Å². The van der Waals surface area contributed by atoms with E-state index in [-0.39, 0.29) is 23.1 Å². The van der Waals surface area contributed by atoms with E-state index >= 15 is 0 Å². The molecule has 0 heterocycles. The molecule has 0 aromatic carbocycles. The molecule has 0 saturated carbocycles. The molecule has 0 aliphatic heterocycles. The van der Waals surface area contributed by atoms with Crippen molar-refractivity contribution >= 4 is 29.5 Å². The molecular weight excluding hydrogens is 90.3 g/mol. The Kier molecular flexibility index (Phi) is 8.32. The summed E-state index contributed by atoms with van der Waals surface area (Å²) in [6, 6.07) is 0. The molecule has 0 aromatic heterocycles. The van der Waals surface area contributed by atoms with Crippen LogP contribution in [0.4, 0.5) is 0 Å². The number of hydrogen-bond donors (Lipinski definition) is 0. The van der Waals surface area contributed by atoms with E-state index in [1.807, 2.05) is 0 Å². The smallest absolute Gasteiger partial charge is 0.316 e. The molecule has 0 N–H and O–H groups in total. The molecule has 0 fully saturated rings. The van der Waals surface area contributed by atoms with Crippen LogP contribution in [-0.4, -0.2) is 48.5 Å². The zero-order chi connectivity index (χ0) is 4.28. The minimum absolute atomic E-state index is 0. The third-order valence-corrected chi connectivity index (χ3v) is 0.211. The Labute approximate surface area is 53.7 Å². The van der Waals surface area contributed by atoms with Gasteiger partial charge in [-0.2, -0.15) is 0 Å². The van der Waals surface area contributed by atoms with E-state index in [1.165, 1.54) is 4.90 Å². The number of carbonyl (C=O) groups is 1. The topological polar surface area (TPSA) is 20.3 Å². The zero-order valence-corrected chi connectivity index (χ0v) is 3.43. The van der Waals surface area contributed by atoms with Gasteiger partial charge in [-0.05, 0) is 0 Å². The minimum Gasteiger partial charge on any atom is -0.351 e. The maximum atomic E-state index is 9.43. The minimum atomic E-state index is 0. The highest BCUT2D eigenvalue weighted by Gasteiger charge is 1.68. The van der Waals surface area contributed by atoms with Crippen LogP contribution in [0.1, 0.15) is 0 Å². The molecule has 0 rings (SSSR count). The maximum absolute atomic E-state index is 9.43. The first-order valence-electron chi connectivity index (χ1n) is 1.39. The van der Waals surface area contributed by atoms with Crippen molar-refractivity contribution in [3.8, 4) is 0 Å². The zero-order valence-electron chi connectivity index (χ0n) is 3.43. The van der Waals surface area contributed by atoms with Crippen LogP contribution in [0, 0.1) is 0 Å².